The molecule has 0 saturated carbocycles. The second-order valence-electron chi connectivity index (χ2n) is 5.27. The summed E-state index contributed by atoms with van der Waals surface area (Å²) in [5.74, 6) is -0.758. The summed E-state index contributed by atoms with van der Waals surface area (Å²) < 4.78 is 19.1. The number of para-hydroxylation sites is 1. The van der Waals surface area contributed by atoms with Gasteiger partial charge in [-0.05, 0) is 38.1 Å². The molecular formula is C18H15FN4O2. The second-order valence-corrected chi connectivity index (χ2v) is 5.27. The molecule has 0 unspecified atom stereocenters. The normalized spacial score (nSPS) is 10.4. The molecule has 1 amide bonds. The van der Waals surface area contributed by atoms with Crippen LogP contribution in [0.25, 0.3) is 0 Å². The zero-order valence-electron chi connectivity index (χ0n) is 13.7. The predicted octanol–water partition coefficient (Wildman–Crippen LogP) is 3.67. The van der Waals surface area contributed by atoms with Gasteiger partial charge in [0, 0.05) is 18.0 Å². The number of carbonyl (C=O) groups excluding carboxylic acids is 1. The van der Waals surface area contributed by atoms with Crippen molar-refractivity contribution in [3.63, 3.8) is 0 Å². The second kappa shape index (κ2) is 7.04. The fourth-order valence-corrected chi connectivity index (χ4v) is 2.23. The Morgan fingerprint density at radius 3 is 2.32 bits per heavy atom. The summed E-state index contributed by atoms with van der Waals surface area (Å²) in [6.07, 6.45) is 3.08. The molecule has 0 spiro atoms. The highest BCUT2D eigenvalue weighted by Crippen LogP contribution is 2.25. The van der Waals surface area contributed by atoms with Crippen molar-refractivity contribution >= 4 is 11.6 Å². The number of nitrogens with zero attached hydrogens (tertiary/aromatic N) is 3. The SMILES string of the molecule is Cc1nc(Oc2ccccc2F)nc(C)c1NC(=O)c1ccncc1. The summed E-state index contributed by atoms with van der Waals surface area (Å²) in [7, 11) is 0. The first kappa shape index (κ1) is 16.5. The van der Waals surface area contributed by atoms with Gasteiger partial charge in [0.15, 0.2) is 11.6 Å². The van der Waals surface area contributed by atoms with Crippen LogP contribution in [0.15, 0.2) is 48.8 Å². The van der Waals surface area contributed by atoms with Gasteiger partial charge in [0.25, 0.3) is 5.91 Å². The first-order valence-corrected chi connectivity index (χ1v) is 7.53. The van der Waals surface area contributed by atoms with Gasteiger partial charge in [-0.25, -0.2) is 4.39 Å². The molecule has 0 saturated heterocycles. The fraction of sp³-hybridized carbons (Fsp3) is 0.111. The van der Waals surface area contributed by atoms with E-state index in [9.17, 15) is 9.18 Å². The number of halogens is 1. The van der Waals surface area contributed by atoms with Gasteiger partial charge in [-0.1, -0.05) is 12.1 Å². The van der Waals surface area contributed by atoms with Crippen LogP contribution in [0.3, 0.4) is 0 Å². The summed E-state index contributed by atoms with van der Waals surface area (Å²) >= 11 is 0. The van der Waals surface area contributed by atoms with Gasteiger partial charge in [0.2, 0.25) is 0 Å². The number of ether oxygens (including phenoxy) is 1. The Morgan fingerprint density at radius 2 is 1.68 bits per heavy atom. The lowest BCUT2D eigenvalue weighted by Crippen LogP contribution is -2.15. The van der Waals surface area contributed by atoms with Crippen LogP contribution in [0, 0.1) is 19.7 Å². The van der Waals surface area contributed by atoms with Crippen molar-refractivity contribution < 1.29 is 13.9 Å². The highest BCUT2D eigenvalue weighted by Gasteiger charge is 2.14. The number of carbonyl (C=O) groups is 1. The molecule has 3 rings (SSSR count). The number of nitrogens with one attached hydrogen (secondary N) is 1. The van der Waals surface area contributed by atoms with E-state index in [4.69, 9.17) is 4.74 Å². The van der Waals surface area contributed by atoms with Gasteiger partial charge < -0.3 is 10.1 Å². The van der Waals surface area contributed by atoms with Crippen LogP contribution in [0.2, 0.25) is 0 Å². The Kier molecular flexibility index (Phi) is 4.65. The Hall–Kier alpha value is -3.35. The number of pyridine rings is 1. The van der Waals surface area contributed by atoms with Crippen LogP contribution < -0.4 is 10.1 Å². The van der Waals surface area contributed by atoms with E-state index in [2.05, 4.69) is 20.3 Å². The number of anilines is 1. The third-order valence-corrected chi connectivity index (χ3v) is 3.47. The standard InChI is InChI=1S/C18H15FN4O2/c1-11-16(23-17(24)13-7-9-20-10-8-13)12(2)22-18(21-11)25-15-6-4-3-5-14(15)19/h3-10H,1-2H3,(H,23,24). The summed E-state index contributed by atoms with van der Waals surface area (Å²) in [5, 5.41) is 2.78. The lowest BCUT2D eigenvalue weighted by atomic mass is 10.2. The molecule has 2 aromatic heterocycles. The maximum absolute atomic E-state index is 13.7. The van der Waals surface area contributed by atoms with Crippen molar-refractivity contribution in [1.82, 2.24) is 15.0 Å². The average molecular weight is 338 g/mol. The minimum atomic E-state index is -0.503. The fourth-order valence-electron chi connectivity index (χ4n) is 2.23. The van der Waals surface area contributed by atoms with Gasteiger partial charge in [0.1, 0.15) is 0 Å². The number of aromatic nitrogens is 3. The van der Waals surface area contributed by atoms with Crippen molar-refractivity contribution in [2.24, 2.45) is 0 Å². The molecule has 2 heterocycles. The van der Waals surface area contributed by atoms with E-state index in [0.29, 0.717) is 22.6 Å². The van der Waals surface area contributed by atoms with Crippen LogP contribution in [-0.4, -0.2) is 20.9 Å². The molecule has 25 heavy (non-hydrogen) atoms. The van der Waals surface area contributed by atoms with E-state index in [-0.39, 0.29) is 17.7 Å². The number of hydrogen-bond donors (Lipinski definition) is 1. The van der Waals surface area contributed by atoms with Crippen LogP contribution in [0.1, 0.15) is 21.7 Å². The minimum absolute atomic E-state index is 0.0158. The molecule has 0 fully saturated rings. The summed E-state index contributed by atoms with van der Waals surface area (Å²) in [6, 6.07) is 9.23. The molecule has 0 aliphatic rings. The summed E-state index contributed by atoms with van der Waals surface area (Å²) in [5.41, 5.74) is 1.99. The molecule has 7 heteroatoms. The maximum atomic E-state index is 13.7. The molecule has 0 atom stereocenters. The molecule has 0 aliphatic carbocycles. The summed E-state index contributed by atoms with van der Waals surface area (Å²) in [6.45, 7) is 3.43. The van der Waals surface area contributed by atoms with Crippen molar-refractivity contribution in [3.05, 3.63) is 71.6 Å². The van der Waals surface area contributed by atoms with E-state index in [1.54, 1.807) is 38.1 Å². The van der Waals surface area contributed by atoms with E-state index in [1.807, 2.05) is 0 Å². The largest absolute Gasteiger partial charge is 0.421 e. The third-order valence-electron chi connectivity index (χ3n) is 3.47. The van der Waals surface area contributed by atoms with Crippen LogP contribution in [0.4, 0.5) is 10.1 Å². The van der Waals surface area contributed by atoms with Crippen molar-refractivity contribution in [3.8, 4) is 11.8 Å². The molecule has 6 nitrogen and oxygen atoms in total. The van der Waals surface area contributed by atoms with Gasteiger partial charge in [-0.2, -0.15) is 9.97 Å². The smallest absolute Gasteiger partial charge is 0.322 e. The Bertz CT molecular complexity index is 893. The number of amides is 1. The van der Waals surface area contributed by atoms with Crippen molar-refractivity contribution in [2.45, 2.75) is 13.8 Å². The highest BCUT2D eigenvalue weighted by molar-refractivity contribution is 6.04. The van der Waals surface area contributed by atoms with E-state index >= 15 is 0 Å². The Morgan fingerprint density at radius 1 is 1.04 bits per heavy atom. The van der Waals surface area contributed by atoms with Crippen LogP contribution >= 0.6 is 0 Å². The first-order chi connectivity index (χ1) is 12.0. The van der Waals surface area contributed by atoms with Crippen molar-refractivity contribution in [1.29, 1.82) is 0 Å². The monoisotopic (exact) mass is 338 g/mol. The Labute approximate surface area is 143 Å². The van der Waals surface area contributed by atoms with Crippen LogP contribution in [0.5, 0.6) is 11.8 Å². The Balaban J connectivity index is 1.83. The number of aryl methyl sites for hydroxylation is 2. The van der Waals surface area contributed by atoms with Crippen molar-refractivity contribution in [2.75, 3.05) is 5.32 Å². The van der Waals surface area contributed by atoms with E-state index in [0.717, 1.165) is 0 Å². The number of hydrogen-bond acceptors (Lipinski definition) is 5. The van der Waals surface area contributed by atoms with Gasteiger partial charge in [-0.3, -0.25) is 9.78 Å². The summed E-state index contributed by atoms with van der Waals surface area (Å²) in [4.78, 5) is 24.5. The zero-order valence-corrected chi connectivity index (χ0v) is 13.7. The quantitative estimate of drug-likeness (QED) is 0.785. The molecule has 0 radical (unpaired) electrons. The lowest BCUT2D eigenvalue weighted by Gasteiger charge is -2.12. The van der Waals surface area contributed by atoms with Gasteiger partial charge >= 0.3 is 6.01 Å². The molecule has 0 bridgehead atoms. The number of rotatable bonds is 4. The van der Waals surface area contributed by atoms with E-state index < -0.39 is 5.82 Å². The predicted molar refractivity (Wildman–Crippen MR) is 90.2 cm³/mol. The van der Waals surface area contributed by atoms with Crippen LogP contribution in [-0.2, 0) is 0 Å². The lowest BCUT2D eigenvalue weighted by molar-refractivity contribution is 0.102. The zero-order chi connectivity index (χ0) is 17.8. The van der Waals surface area contributed by atoms with Gasteiger partial charge in [-0.15, -0.1) is 0 Å². The molecule has 1 N–H and O–H groups in total. The third kappa shape index (κ3) is 3.77. The highest BCUT2D eigenvalue weighted by atomic mass is 19.1. The maximum Gasteiger partial charge on any atom is 0.322 e. The molecular weight excluding hydrogens is 323 g/mol. The first-order valence-electron chi connectivity index (χ1n) is 7.53. The molecule has 1 aromatic carbocycles. The molecule has 126 valence electrons. The van der Waals surface area contributed by atoms with E-state index in [1.165, 1.54) is 24.5 Å². The topological polar surface area (TPSA) is 77.0 Å². The van der Waals surface area contributed by atoms with Gasteiger partial charge in [0.05, 0.1) is 17.1 Å². The molecule has 0 aliphatic heterocycles. The molecule has 3 aromatic rings. The average Bonchev–Trinajstić information content (AvgIpc) is 2.61. The number of benzene rings is 1. The minimum Gasteiger partial charge on any atom is -0.421 e.